The molecular formula is C16H23NO2. The monoisotopic (exact) mass is 261 g/mol. The summed E-state index contributed by atoms with van der Waals surface area (Å²) in [5.41, 5.74) is 1.64. The fourth-order valence-electron chi connectivity index (χ4n) is 2.59. The number of carbonyl (C=O) groups excluding carboxylic acids is 1. The molecule has 0 amide bonds. The van der Waals surface area contributed by atoms with E-state index in [-0.39, 0.29) is 12.1 Å². The molecule has 3 nitrogen and oxygen atoms in total. The topological polar surface area (TPSA) is 29.5 Å². The third-order valence-corrected chi connectivity index (χ3v) is 3.64. The highest BCUT2D eigenvalue weighted by atomic mass is 16.5. The fourth-order valence-corrected chi connectivity index (χ4v) is 2.59. The fraction of sp³-hybridized carbons (Fsp3) is 0.562. The van der Waals surface area contributed by atoms with E-state index >= 15 is 0 Å². The minimum atomic E-state index is -0.206. The van der Waals surface area contributed by atoms with Gasteiger partial charge >= 0.3 is 5.97 Å². The first-order valence-electron chi connectivity index (χ1n) is 7.16. The maximum atomic E-state index is 12.1. The minimum absolute atomic E-state index is 0.0507. The lowest BCUT2D eigenvalue weighted by Crippen LogP contribution is -2.37. The molecule has 0 saturated carbocycles. The largest absolute Gasteiger partial charge is 0.458 e. The summed E-state index contributed by atoms with van der Waals surface area (Å²) in [5.74, 6) is -0.206. The van der Waals surface area contributed by atoms with E-state index in [0.29, 0.717) is 5.56 Å². The van der Waals surface area contributed by atoms with Gasteiger partial charge in [0.15, 0.2) is 0 Å². The Bertz CT molecular complexity index is 425. The molecule has 1 aromatic rings. The van der Waals surface area contributed by atoms with Crippen molar-refractivity contribution in [2.45, 2.75) is 39.2 Å². The van der Waals surface area contributed by atoms with Crippen molar-refractivity contribution >= 4 is 5.97 Å². The maximum Gasteiger partial charge on any atom is 0.338 e. The molecule has 0 aromatic heterocycles. The number of nitrogens with zero attached hydrogens (tertiary/aromatic N) is 1. The Labute approximate surface area is 115 Å². The first kappa shape index (κ1) is 14.1. The smallest absolute Gasteiger partial charge is 0.338 e. The summed E-state index contributed by atoms with van der Waals surface area (Å²) in [4.78, 5) is 14.5. The summed E-state index contributed by atoms with van der Waals surface area (Å²) >= 11 is 0. The molecule has 1 aromatic carbocycles. The van der Waals surface area contributed by atoms with Crippen LogP contribution in [0.25, 0.3) is 0 Å². The number of hydrogen-bond donors (Lipinski definition) is 0. The second-order valence-corrected chi connectivity index (χ2v) is 5.39. The molecule has 19 heavy (non-hydrogen) atoms. The lowest BCUT2D eigenvalue weighted by molar-refractivity contribution is 0.0235. The molecule has 1 atom stereocenters. The van der Waals surface area contributed by atoms with Gasteiger partial charge < -0.3 is 4.74 Å². The van der Waals surface area contributed by atoms with E-state index in [4.69, 9.17) is 4.74 Å². The van der Waals surface area contributed by atoms with Gasteiger partial charge in [-0.1, -0.05) is 24.6 Å². The van der Waals surface area contributed by atoms with E-state index in [1.165, 1.54) is 19.3 Å². The van der Waals surface area contributed by atoms with Gasteiger partial charge in [0, 0.05) is 6.54 Å². The van der Waals surface area contributed by atoms with Crippen LogP contribution in [-0.2, 0) is 4.74 Å². The molecule has 2 rings (SSSR count). The van der Waals surface area contributed by atoms with E-state index in [9.17, 15) is 4.79 Å². The highest BCUT2D eigenvalue weighted by Crippen LogP contribution is 2.12. The zero-order valence-electron chi connectivity index (χ0n) is 11.9. The molecule has 0 bridgehead atoms. The molecule has 1 unspecified atom stereocenters. The van der Waals surface area contributed by atoms with Crippen molar-refractivity contribution in [3.05, 3.63) is 35.4 Å². The Balaban J connectivity index is 1.86. The molecule has 1 fully saturated rings. The quantitative estimate of drug-likeness (QED) is 0.780. The zero-order chi connectivity index (χ0) is 13.7. The van der Waals surface area contributed by atoms with Crippen LogP contribution >= 0.6 is 0 Å². The SMILES string of the molecule is Cc1ccccc1C(=O)OC(C)CN1CCCCC1. The Kier molecular flexibility index (Phi) is 4.97. The molecule has 0 aliphatic carbocycles. The first-order chi connectivity index (χ1) is 9.16. The number of rotatable bonds is 4. The van der Waals surface area contributed by atoms with Crippen LogP contribution in [0.15, 0.2) is 24.3 Å². The molecule has 1 heterocycles. The van der Waals surface area contributed by atoms with E-state index in [0.717, 1.165) is 25.2 Å². The van der Waals surface area contributed by atoms with Gasteiger partial charge in [-0.3, -0.25) is 4.90 Å². The summed E-state index contributed by atoms with van der Waals surface area (Å²) in [6, 6.07) is 7.57. The lowest BCUT2D eigenvalue weighted by Gasteiger charge is -2.28. The Hall–Kier alpha value is -1.35. The number of likely N-dealkylation sites (tertiary alicyclic amines) is 1. The summed E-state index contributed by atoms with van der Waals surface area (Å²) in [7, 11) is 0. The van der Waals surface area contributed by atoms with Gasteiger partial charge in [0.25, 0.3) is 0 Å². The molecule has 1 aliphatic heterocycles. The predicted molar refractivity (Wildman–Crippen MR) is 76.3 cm³/mol. The number of hydrogen-bond acceptors (Lipinski definition) is 3. The molecule has 1 aliphatic rings. The summed E-state index contributed by atoms with van der Waals surface area (Å²) in [6.07, 6.45) is 3.80. The van der Waals surface area contributed by atoms with Crippen LogP contribution in [0.2, 0.25) is 0 Å². The third-order valence-electron chi connectivity index (χ3n) is 3.64. The molecule has 1 saturated heterocycles. The highest BCUT2D eigenvalue weighted by Gasteiger charge is 2.17. The van der Waals surface area contributed by atoms with Crippen molar-refractivity contribution in [3.8, 4) is 0 Å². The molecule has 104 valence electrons. The zero-order valence-corrected chi connectivity index (χ0v) is 11.9. The first-order valence-corrected chi connectivity index (χ1v) is 7.16. The summed E-state index contributed by atoms with van der Waals surface area (Å²) < 4.78 is 5.54. The van der Waals surface area contributed by atoms with Crippen LogP contribution in [-0.4, -0.2) is 36.6 Å². The number of ether oxygens (including phenoxy) is 1. The number of carbonyl (C=O) groups is 1. The minimum Gasteiger partial charge on any atom is -0.458 e. The van der Waals surface area contributed by atoms with Gasteiger partial charge in [-0.2, -0.15) is 0 Å². The third kappa shape index (κ3) is 4.06. The number of benzene rings is 1. The number of piperidine rings is 1. The van der Waals surface area contributed by atoms with Crippen molar-refractivity contribution in [3.63, 3.8) is 0 Å². The van der Waals surface area contributed by atoms with Crippen LogP contribution in [0.5, 0.6) is 0 Å². The van der Waals surface area contributed by atoms with Crippen molar-refractivity contribution < 1.29 is 9.53 Å². The van der Waals surface area contributed by atoms with Gasteiger partial charge in [-0.05, 0) is 51.4 Å². The Morgan fingerprint density at radius 1 is 1.26 bits per heavy atom. The van der Waals surface area contributed by atoms with Crippen LogP contribution < -0.4 is 0 Å². The van der Waals surface area contributed by atoms with E-state index < -0.39 is 0 Å². The average molecular weight is 261 g/mol. The van der Waals surface area contributed by atoms with Crippen LogP contribution in [0.3, 0.4) is 0 Å². The number of esters is 1. The predicted octanol–water partition coefficient (Wildman–Crippen LogP) is 3.03. The van der Waals surface area contributed by atoms with E-state index in [1.54, 1.807) is 0 Å². The summed E-state index contributed by atoms with van der Waals surface area (Å²) in [5, 5.41) is 0. The molecule has 3 heteroatoms. The van der Waals surface area contributed by atoms with Gasteiger partial charge in [-0.25, -0.2) is 4.79 Å². The standard InChI is InChI=1S/C16H23NO2/c1-13-8-4-5-9-15(13)16(18)19-14(2)12-17-10-6-3-7-11-17/h4-5,8-9,14H,3,6-7,10-12H2,1-2H3. The highest BCUT2D eigenvalue weighted by molar-refractivity contribution is 5.91. The van der Waals surface area contributed by atoms with Gasteiger partial charge in [0.05, 0.1) is 5.56 Å². The van der Waals surface area contributed by atoms with Crippen molar-refractivity contribution in [2.24, 2.45) is 0 Å². The average Bonchev–Trinajstić information content (AvgIpc) is 2.40. The van der Waals surface area contributed by atoms with Gasteiger partial charge in [0.1, 0.15) is 6.10 Å². The van der Waals surface area contributed by atoms with Crippen LogP contribution in [0.1, 0.15) is 42.1 Å². The van der Waals surface area contributed by atoms with E-state index in [1.807, 2.05) is 38.1 Å². The van der Waals surface area contributed by atoms with E-state index in [2.05, 4.69) is 4.90 Å². The summed E-state index contributed by atoms with van der Waals surface area (Å²) in [6.45, 7) is 7.02. The molecular weight excluding hydrogens is 238 g/mol. The number of aryl methyl sites for hydroxylation is 1. The Morgan fingerprint density at radius 3 is 2.63 bits per heavy atom. The van der Waals surface area contributed by atoms with Gasteiger partial charge in [-0.15, -0.1) is 0 Å². The Morgan fingerprint density at radius 2 is 1.95 bits per heavy atom. The molecule has 0 N–H and O–H groups in total. The van der Waals surface area contributed by atoms with Crippen LogP contribution in [0, 0.1) is 6.92 Å². The van der Waals surface area contributed by atoms with Crippen molar-refractivity contribution in [1.29, 1.82) is 0 Å². The normalized spacial score (nSPS) is 18.0. The van der Waals surface area contributed by atoms with Crippen molar-refractivity contribution in [2.75, 3.05) is 19.6 Å². The lowest BCUT2D eigenvalue weighted by atomic mass is 10.1. The maximum absolute atomic E-state index is 12.1. The van der Waals surface area contributed by atoms with Gasteiger partial charge in [0.2, 0.25) is 0 Å². The van der Waals surface area contributed by atoms with Crippen molar-refractivity contribution in [1.82, 2.24) is 4.90 Å². The molecule has 0 radical (unpaired) electrons. The van der Waals surface area contributed by atoms with Crippen LogP contribution in [0.4, 0.5) is 0 Å². The molecule has 0 spiro atoms. The second-order valence-electron chi connectivity index (χ2n) is 5.39. The second kappa shape index (κ2) is 6.71.